The molecule has 31 heavy (non-hydrogen) atoms. The molecule has 164 valence electrons. The number of carbonyl (C=O) groups excluding carboxylic acids is 1. The van der Waals surface area contributed by atoms with Crippen molar-refractivity contribution in [2.24, 2.45) is 0 Å². The summed E-state index contributed by atoms with van der Waals surface area (Å²) in [5.41, 5.74) is 3.29. The van der Waals surface area contributed by atoms with E-state index in [1.807, 2.05) is 17.0 Å². The maximum absolute atomic E-state index is 13.7. The number of piperazine rings is 1. The Labute approximate surface area is 183 Å². The van der Waals surface area contributed by atoms with Crippen LogP contribution in [0, 0.1) is 5.82 Å². The molecule has 2 saturated heterocycles. The average Bonchev–Trinajstić information content (AvgIpc) is 2.81. The molecule has 0 bridgehead atoms. The zero-order valence-corrected chi connectivity index (χ0v) is 18.1. The number of hydrogen-bond acceptors (Lipinski definition) is 4. The minimum absolute atomic E-state index is 0.0327. The van der Waals surface area contributed by atoms with Crippen molar-refractivity contribution in [3.63, 3.8) is 0 Å². The van der Waals surface area contributed by atoms with Gasteiger partial charge in [0, 0.05) is 31.2 Å². The van der Waals surface area contributed by atoms with E-state index in [2.05, 4.69) is 36.3 Å². The smallest absolute Gasteiger partial charge is 0.252 e. The topological polar surface area (TPSA) is 44.8 Å². The Morgan fingerprint density at radius 2 is 1.94 bits per heavy atom. The van der Waals surface area contributed by atoms with Crippen molar-refractivity contribution in [3.8, 4) is 0 Å². The summed E-state index contributed by atoms with van der Waals surface area (Å²) >= 11 is 0. The van der Waals surface area contributed by atoms with Crippen LogP contribution in [0.2, 0.25) is 0 Å². The van der Waals surface area contributed by atoms with Gasteiger partial charge in [-0.25, -0.2) is 4.39 Å². The number of ether oxygens (including phenoxy) is 1. The molecule has 3 aliphatic rings. The first kappa shape index (κ1) is 20.6. The highest BCUT2D eigenvalue weighted by molar-refractivity contribution is 5.82. The van der Waals surface area contributed by atoms with E-state index in [0.29, 0.717) is 31.7 Å². The molecule has 5 rings (SSSR count). The third-order valence-electron chi connectivity index (χ3n) is 7.32. The summed E-state index contributed by atoms with van der Waals surface area (Å²) in [6, 6.07) is 15.6. The van der Waals surface area contributed by atoms with Crippen molar-refractivity contribution < 1.29 is 13.9 Å². The fraction of sp³-hybridized carbons (Fsp3) is 0.480. The van der Waals surface area contributed by atoms with Gasteiger partial charge in [-0.15, -0.1) is 0 Å². The Morgan fingerprint density at radius 3 is 2.74 bits per heavy atom. The number of nitrogens with one attached hydrogen (secondary N) is 1. The molecule has 0 saturated carbocycles. The number of likely N-dealkylation sites (N-methyl/N-ethyl adjacent to an activating group) is 1. The van der Waals surface area contributed by atoms with Crippen LogP contribution in [-0.2, 0) is 16.0 Å². The molecule has 0 spiro atoms. The number of fused-ring (bicyclic) bond motifs is 2. The summed E-state index contributed by atoms with van der Waals surface area (Å²) in [6.07, 6.45) is 1.04. The molecule has 2 aromatic carbocycles. The van der Waals surface area contributed by atoms with Crippen LogP contribution < -0.4 is 5.32 Å². The Kier molecular flexibility index (Phi) is 5.54. The van der Waals surface area contributed by atoms with Gasteiger partial charge in [-0.2, -0.15) is 0 Å². The maximum atomic E-state index is 13.7. The van der Waals surface area contributed by atoms with Crippen LogP contribution in [0.1, 0.15) is 36.1 Å². The lowest BCUT2D eigenvalue weighted by molar-refractivity contribution is -0.154. The van der Waals surface area contributed by atoms with Crippen LogP contribution in [0.3, 0.4) is 0 Å². The first-order valence-electron chi connectivity index (χ1n) is 11.2. The lowest BCUT2D eigenvalue weighted by Crippen LogP contribution is -2.66. The third kappa shape index (κ3) is 3.77. The summed E-state index contributed by atoms with van der Waals surface area (Å²) in [5, 5.41) is 3.62. The molecule has 5 nitrogen and oxygen atoms in total. The Bertz CT molecular complexity index is 950. The van der Waals surface area contributed by atoms with Crippen molar-refractivity contribution in [1.29, 1.82) is 0 Å². The van der Waals surface area contributed by atoms with Gasteiger partial charge >= 0.3 is 0 Å². The summed E-state index contributed by atoms with van der Waals surface area (Å²) < 4.78 is 19.7. The van der Waals surface area contributed by atoms with E-state index in [0.717, 1.165) is 24.1 Å². The summed E-state index contributed by atoms with van der Waals surface area (Å²) in [6.45, 7) is 4.32. The number of hydrogen-bond donors (Lipinski definition) is 1. The number of amides is 1. The molecule has 0 unspecified atom stereocenters. The van der Waals surface area contributed by atoms with Crippen LogP contribution in [0.4, 0.5) is 4.39 Å². The molecule has 1 N–H and O–H groups in total. The SMILES string of the molecule is C[C@@H]1CN[C@H]2C[C@H](C(=O)N3CCc4ccccc4[C@@H]3c3ccc(F)cc3)OC[C@H]2N1C. The second kappa shape index (κ2) is 8.34. The standard InChI is InChI=1S/C25H30FN3O2/c1-16-14-27-21-13-23(31-15-22(21)28(16)2)25(30)29-12-11-17-5-3-4-6-20(17)24(29)18-7-9-19(26)10-8-18/h3-10,16,21-24,27H,11-15H2,1-2H3/t16-,21+,22-,23-,24+/m1/s1. The van der Waals surface area contributed by atoms with E-state index >= 15 is 0 Å². The quantitative estimate of drug-likeness (QED) is 0.807. The number of nitrogens with zero attached hydrogens (tertiary/aromatic N) is 2. The third-order valence-corrected chi connectivity index (χ3v) is 7.32. The Balaban J connectivity index is 1.42. The molecule has 0 aromatic heterocycles. The molecule has 1 amide bonds. The van der Waals surface area contributed by atoms with Crippen molar-refractivity contribution in [3.05, 3.63) is 71.0 Å². The Morgan fingerprint density at radius 1 is 1.16 bits per heavy atom. The summed E-state index contributed by atoms with van der Waals surface area (Å²) in [5.74, 6) is -0.237. The predicted molar refractivity (Wildman–Crippen MR) is 117 cm³/mol. The molecule has 0 radical (unpaired) electrons. The first-order chi connectivity index (χ1) is 15.0. The number of benzene rings is 2. The normalized spacial score (nSPS) is 31.1. The van der Waals surface area contributed by atoms with Crippen molar-refractivity contribution in [1.82, 2.24) is 15.1 Å². The Hall–Kier alpha value is -2.28. The molecule has 0 aliphatic carbocycles. The van der Waals surface area contributed by atoms with Gasteiger partial charge in [0.2, 0.25) is 0 Å². The van der Waals surface area contributed by atoms with Crippen LogP contribution >= 0.6 is 0 Å². The highest BCUT2D eigenvalue weighted by Crippen LogP contribution is 2.36. The summed E-state index contributed by atoms with van der Waals surface area (Å²) in [7, 11) is 2.14. The van der Waals surface area contributed by atoms with E-state index < -0.39 is 6.10 Å². The maximum Gasteiger partial charge on any atom is 0.252 e. The first-order valence-corrected chi connectivity index (χ1v) is 11.2. The zero-order valence-electron chi connectivity index (χ0n) is 18.1. The number of rotatable bonds is 2. The van der Waals surface area contributed by atoms with Gasteiger partial charge in [0.25, 0.3) is 5.91 Å². The second-order valence-corrected chi connectivity index (χ2v) is 9.09. The second-order valence-electron chi connectivity index (χ2n) is 9.09. The zero-order chi connectivity index (χ0) is 21.5. The van der Waals surface area contributed by atoms with Gasteiger partial charge in [0.05, 0.1) is 12.6 Å². The predicted octanol–water partition coefficient (Wildman–Crippen LogP) is 2.75. The van der Waals surface area contributed by atoms with Gasteiger partial charge in [0.1, 0.15) is 11.9 Å². The molecule has 2 aromatic rings. The highest BCUT2D eigenvalue weighted by atomic mass is 19.1. The minimum Gasteiger partial charge on any atom is -0.367 e. The van der Waals surface area contributed by atoms with Crippen molar-refractivity contribution in [2.75, 3.05) is 26.7 Å². The van der Waals surface area contributed by atoms with Crippen LogP contribution in [-0.4, -0.2) is 66.7 Å². The molecular weight excluding hydrogens is 393 g/mol. The number of carbonyl (C=O) groups is 1. The van der Waals surface area contributed by atoms with E-state index in [-0.39, 0.29) is 23.8 Å². The van der Waals surface area contributed by atoms with E-state index in [9.17, 15) is 9.18 Å². The largest absolute Gasteiger partial charge is 0.367 e. The van der Waals surface area contributed by atoms with Gasteiger partial charge in [-0.1, -0.05) is 36.4 Å². The minimum atomic E-state index is -0.455. The fourth-order valence-corrected chi connectivity index (χ4v) is 5.37. The van der Waals surface area contributed by atoms with Gasteiger partial charge in [-0.05, 0) is 55.6 Å². The van der Waals surface area contributed by atoms with Crippen LogP contribution in [0.5, 0.6) is 0 Å². The van der Waals surface area contributed by atoms with Crippen LogP contribution in [0.15, 0.2) is 48.5 Å². The monoisotopic (exact) mass is 423 g/mol. The molecular formula is C25H30FN3O2. The van der Waals surface area contributed by atoms with Gasteiger partial charge in [0.15, 0.2) is 0 Å². The molecule has 3 heterocycles. The lowest BCUT2D eigenvalue weighted by Gasteiger charge is -2.48. The van der Waals surface area contributed by atoms with Crippen molar-refractivity contribution >= 4 is 5.91 Å². The summed E-state index contributed by atoms with van der Waals surface area (Å²) in [4.78, 5) is 18.0. The lowest BCUT2D eigenvalue weighted by atomic mass is 9.87. The van der Waals surface area contributed by atoms with E-state index in [1.54, 1.807) is 12.1 Å². The highest BCUT2D eigenvalue weighted by Gasteiger charge is 2.43. The van der Waals surface area contributed by atoms with Crippen molar-refractivity contribution in [2.45, 2.75) is 50.0 Å². The molecule has 3 aliphatic heterocycles. The fourth-order valence-electron chi connectivity index (χ4n) is 5.37. The van der Waals surface area contributed by atoms with Gasteiger partial charge in [-0.3, -0.25) is 9.69 Å². The molecule has 6 heteroatoms. The molecule has 5 atom stereocenters. The molecule has 2 fully saturated rings. The average molecular weight is 424 g/mol. The van der Waals surface area contributed by atoms with E-state index in [1.165, 1.54) is 17.7 Å². The van der Waals surface area contributed by atoms with E-state index in [4.69, 9.17) is 4.74 Å². The van der Waals surface area contributed by atoms with Crippen LogP contribution in [0.25, 0.3) is 0 Å². The van der Waals surface area contributed by atoms with Gasteiger partial charge < -0.3 is 15.0 Å². The number of halogens is 1.